The van der Waals surface area contributed by atoms with Gasteiger partial charge in [-0.25, -0.2) is 4.39 Å². The zero-order chi connectivity index (χ0) is 22.4. The molecule has 1 aliphatic heterocycles. The molecule has 0 atom stereocenters. The number of hydrogen-bond acceptors (Lipinski definition) is 5. The Morgan fingerprint density at radius 3 is 2.45 bits per heavy atom. The lowest BCUT2D eigenvalue weighted by Crippen LogP contribution is -2.41. The first-order chi connectivity index (χ1) is 14.9. The number of methoxy groups -OCH3 is 2. The Bertz CT molecular complexity index is 942. The number of benzene rings is 2. The summed E-state index contributed by atoms with van der Waals surface area (Å²) in [6.45, 7) is 3.17. The number of aryl methyl sites for hydroxylation is 1. The van der Waals surface area contributed by atoms with E-state index < -0.39 is 0 Å². The van der Waals surface area contributed by atoms with Crippen LogP contribution in [0.25, 0.3) is 0 Å². The van der Waals surface area contributed by atoms with Crippen molar-refractivity contribution in [2.45, 2.75) is 19.8 Å². The first-order valence-electron chi connectivity index (χ1n) is 10.2. The molecule has 2 aromatic rings. The summed E-state index contributed by atoms with van der Waals surface area (Å²) in [5, 5.41) is 5.65. The molecule has 0 unspecified atom stereocenters. The maximum atomic E-state index is 13.7. The van der Waals surface area contributed by atoms with Crippen LogP contribution in [-0.2, 0) is 9.59 Å². The number of hydrogen-bond donors (Lipinski definition) is 2. The molecule has 1 saturated heterocycles. The predicted molar refractivity (Wildman–Crippen MR) is 117 cm³/mol. The van der Waals surface area contributed by atoms with Crippen molar-refractivity contribution in [2.24, 2.45) is 5.92 Å². The van der Waals surface area contributed by atoms with Crippen molar-refractivity contribution < 1.29 is 23.5 Å². The number of nitrogens with one attached hydrogen (secondary N) is 2. The average Bonchev–Trinajstić information content (AvgIpc) is 2.77. The lowest BCUT2D eigenvalue weighted by Gasteiger charge is -2.30. The van der Waals surface area contributed by atoms with E-state index in [-0.39, 0.29) is 30.1 Å². The van der Waals surface area contributed by atoms with E-state index in [4.69, 9.17) is 9.47 Å². The third-order valence-corrected chi connectivity index (χ3v) is 5.45. The van der Waals surface area contributed by atoms with E-state index in [1.807, 2.05) is 4.90 Å². The number of carbonyl (C=O) groups is 2. The minimum Gasteiger partial charge on any atom is -0.497 e. The Hall–Kier alpha value is -3.13. The van der Waals surface area contributed by atoms with Gasteiger partial charge in [-0.05, 0) is 62.7 Å². The van der Waals surface area contributed by atoms with E-state index >= 15 is 0 Å². The van der Waals surface area contributed by atoms with Crippen molar-refractivity contribution in [3.63, 3.8) is 0 Å². The molecule has 0 spiro atoms. The van der Waals surface area contributed by atoms with Gasteiger partial charge in [0.15, 0.2) is 0 Å². The van der Waals surface area contributed by atoms with Crippen LogP contribution in [0.4, 0.5) is 15.8 Å². The van der Waals surface area contributed by atoms with Gasteiger partial charge in [0.25, 0.3) is 0 Å². The second kappa shape index (κ2) is 10.3. The molecule has 0 bridgehead atoms. The van der Waals surface area contributed by atoms with Crippen molar-refractivity contribution in [3.05, 3.63) is 47.8 Å². The highest BCUT2D eigenvalue weighted by molar-refractivity contribution is 5.94. The van der Waals surface area contributed by atoms with Gasteiger partial charge >= 0.3 is 0 Å². The van der Waals surface area contributed by atoms with Gasteiger partial charge in [0.2, 0.25) is 11.8 Å². The fourth-order valence-electron chi connectivity index (χ4n) is 3.56. The number of likely N-dealkylation sites (tertiary alicyclic amines) is 1. The zero-order valence-electron chi connectivity index (χ0n) is 18.0. The highest BCUT2D eigenvalue weighted by Gasteiger charge is 2.26. The summed E-state index contributed by atoms with van der Waals surface area (Å²) in [7, 11) is 3.10. The number of ether oxygens (including phenoxy) is 2. The lowest BCUT2D eigenvalue weighted by atomic mass is 9.95. The van der Waals surface area contributed by atoms with Crippen LogP contribution in [0.2, 0.25) is 0 Å². The summed E-state index contributed by atoms with van der Waals surface area (Å²) >= 11 is 0. The minimum atomic E-state index is -0.341. The van der Waals surface area contributed by atoms with Crippen LogP contribution in [0.1, 0.15) is 18.4 Å². The SMILES string of the molecule is COc1ccc(NC(=O)CN2CCC(C(=O)Nc3ccc(C)c(F)c3)CC2)c(OC)c1. The molecule has 2 amide bonds. The third-order valence-electron chi connectivity index (χ3n) is 5.45. The monoisotopic (exact) mass is 429 g/mol. The molecule has 0 aliphatic carbocycles. The van der Waals surface area contributed by atoms with Gasteiger partial charge in [-0.3, -0.25) is 14.5 Å². The molecule has 1 fully saturated rings. The number of halogens is 1. The topological polar surface area (TPSA) is 79.9 Å². The van der Waals surface area contributed by atoms with Gasteiger partial charge in [-0.2, -0.15) is 0 Å². The number of carbonyl (C=O) groups excluding carboxylic acids is 2. The molecule has 0 radical (unpaired) electrons. The first-order valence-corrected chi connectivity index (χ1v) is 10.2. The fraction of sp³-hybridized carbons (Fsp3) is 0.391. The number of anilines is 2. The van der Waals surface area contributed by atoms with Crippen molar-refractivity contribution in [2.75, 3.05) is 44.5 Å². The summed E-state index contributed by atoms with van der Waals surface area (Å²) in [5.41, 5.74) is 1.58. The Labute approximate surface area is 181 Å². The van der Waals surface area contributed by atoms with Crippen LogP contribution in [0.3, 0.4) is 0 Å². The second-order valence-electron chi connectivity index (χ2n) is 7.62. The quantitative estimate of drug-likeness (QED) is 0.705. The molecular weight excluding hydrogens is 401 g/mol. The molecular formula is C23H28FN3O4. The smallest absolute Gasteiger partial charge is 0.238 e. The van der Waals surface area contributed by atoms with E-state index in [9.17, 15) is 14.0 Å². The van der Waals surface area contributed by atoms with Gasteiger partial charge in [-0.1, -0.05) is 6.07 Å². The number of nitrogens with zero attached hydrogens (tertiary/aromatic N) is 1. The number of rotatable bonds is 7. The van der Waals surface area contributed by atoms with Gasteiger partial charge in [0.1, 0.15) is 17.3 Å². The standard InChI is InChI=1S/C23H28FN3O4/c1-15-4-5-17(12-19(15)24)25-23(29)16-8-10-27(11-9-16)14-22(28)26-20-7-6-18(30-2)13-21(20)31-3/h4-7,12-13,16H,8-11,14H2,1-3H3,(H,25,29)(H,26,28). The molecule has 2 N–H and O–H groups in total. The maximum absolute atomic E-state index is 13.7. The second-order valence-corrected chi connectivity index (χ2v) is 7.62. The summed E-state index contributed by atoms with van der Waals surface area (Å²) in [4.78, 5) is 27.0. The highest BCUT2D eigenvalue weighted by atomic mass is 19.1. The number of amides is 2. The van der Waals surface area contributed by atoms with Crippen molar-refractivity contribution in [1.82, 2.24) is 4.90 Å². The summed E-state index contributed by atoms with van der Waals surface area (Å²) < 4.78 is 24.1. The summed E-state index contributed by atoms with van der Waals surface area (Å²) in [6, 6.07) is 9.87. The lowest BCUT2D eigenvalue weighted by molar-refractivity contribution is -0.121. The highest BCUT2D eigenvalue weighted by Crippen LogP contribution is 2.29. The van der Waals surface area contributed by atoms with Crippen molar-refractivity contribution in [1.29, 1.82) is 0 Å². The molecule has 2 aromatic carbocycles. The van der Waals surface area contributed by atoms with Crippen LogP contribution < -0.4 is 20.1 Å². The van der Waals surface area contributed by atoms with Gasteiger partial charge in [0.05, 0.1) is 26.5 Å². The van der Waals surface area contributed by atoms with Crippen LogP contribution >= 0.6 is 0 Å². The fourth-order valence-corrected chi connectivity index (χ4v) is 3.56. The maximum Gasteiger partial charge on any atom is 0.238 e. The molecule has 1 heterocycles. The van der Waals surface area contributed by atoms with Crippen LogP contribution in [0, 0.1) is 18.7 Å². The minimum absolute atomic E-state index is 0.115. The summed E-state index contributed by atoms with van der Waals surface area (Å²) in [6.07, 6.45) is 1.28. The molecule has 0 saturated carbocycles. The average molecular weight is 429 g/mol. The first kappa shape index (κ1) is 22.6. The molecule has 31 heavy (non-hydrogen) atoms. The van der Waals surface area contributed by atoms with Gasteiger partial charge < -0.3 is 20.1 Å². The van der Waals surface area contributed by atoms with Crippen LogP contribution in [0.15, 0.2) is 36.4 Å². The molecule has 166 valence electrons. The van der Waals surface area contributed by atoms with E-state index in [2.05, 4.69) is 10.6 Å². The third kappa shape index (κ3) is 5.95. The Morgan fingerprint density at radius 2 is 1.81 bits per heavy atom. The van der Waals surface area contributed by atoms with Crippen molar-refractivity contribution in [3.8, 4) is 11.5 Å². The molecule has 7 nitrogen and oxygen atoms in total. The van der Waals surface area contributed by atoms with Crippen LogP contribution in [-0.4, -0.2) is 50.6 Å². The van der Waals surface area contributed by atoms with E-state index in [0.29, 0.717) is 54.4 Å². The molecule has 1 aliphatic rings. The Morgan fingerprint density at radius 1 is 1.06 bits per heavy atom. The molecule has 0 aromatic heterocycles. The summed E-state index contributed by atoms with van der Waals surface area (Å²) in [5.74, 6) is 0.397. The molecule has 3 rings (SSSR count). The van der Waals surface area contributed by atoms with Gasteiger partial charge in [-0.15, -0.1) is 0 Å². The van der Waals surface area contributed by atoms with E-state index in [1.54, 1.807) is 44.4 Å². The largest absolute Gasteiger partial charge is 0.497 e. The number of piperidine rings is 1. The predicted octanol–water partition coefficient (Wildman–Crippen LogP) is 3.44. The van der Waals surface area contributed by atoms with Gasteiger partial charge in [0, 0.05) is 17.7 Å². The normalized spacial score (nSPS) is 14.7. The van der Waals surface area contributed by atoms with Crippen molar-refractivity contribution >= 4 is 23.2 Å². The Balaban J connectivity index is 1.48. The molecule has 8 heteroatoms. The van der Waals surface area contributed by atoms with E-state index in [0.717, 1.165) is 0 Å². The van der Waals surface area contributed by atoms with E-state index in [1.165, 1.54) is 13.2 Å². The Kier molecular flexibility index (Phi) is 7.46. The zero-order valence-corrected chi connectivity index (χ0v) is 18.0. The van der Waals surface area contributed by atoms with Crippen LogP contribution in [0.5, 0.6) is 11.5 Å².